The molecule has 0 spiro atoms. The molecule has 0 bridgehead atoms. The molecule has 1 heterocycles. The van der Waals surface area contributed by atoms with Crippen LogP contribution in [0.3, 0.4) is 0 Å². The molecule has 1 saturated carbocycles. The molecule has 116 valence electrons. The second-order valence-electron chi connectivity index (χ2n) is 5.74. The van der Waals surface area contributed by atoms with Crippen LogP contribution in [0.15, 0.2) is 42.6 Å². The molecule has 1 aliphatic rings. The maximum atomic E-state index is 12.8. The number of hydrogen-bond acceptors (Lipinski definition) is 2. The van der Waals surface area contributed by atoms with Gasteiger partial charge in [0.05, 0.1) is 17.7 Å². The van der Waals surface area contributed by atoms with Crippen LogP contribution >= 0.6 is 11.6 Å². The van der Waals surface area contributed by atoms with E-state index in [1.807, 2.05) is 30.3 Å². The van der Waals surface area contributed by atoms with Crippen molar-refractivity contribution in [2.75, 3.05) is 6.61 Å². The first-order valence-electron chi connectivity index (χ1n) is 7.48. The number of aromatic nitrogens is 1. The van der Waals surface area contributed by atoms with E-state index in [9.17, 15) is 9.90 Å². The first-order valence-corrected chi connectivity index (χ1v) is 7.86. The lowest BCUT2D eigenvalue weighted by molar-refractivity contribution is 0.0526. The number of aromatic amines is 1. The fraction of sp³-hybridized carbons (Fsp3) is 0.353. The molecule has 5 heteroatoms. The van der Waals surface area contributed by atoms with Gasteiger partial charge in [-0.3, -0.25) is 4.79 Å². The van der Waals surface area contributed by atoms with E-state index >= 15 is 0 Å². The predicted octanol–water partition coefficient (Wildman–Crippen LogP) is 3.08. The van der Waals surface area contributed by atoms with Gasteiger partial charge in [0.15, 0.2) is 0 Å². The van der Waals surface area contributed by atoms with Crippen LogP contribution in [0.25, 0.3) is 0 Å². The van der Waals surface area contributed by atoms with E-state index in [2.05, 4.69) is 4.98 Å². The zero-order chi connectivity index (χ0) is 15.5. The third-order valence-corrected chi connectivity index (χ3v) is 4.31. The molecule has 4 nitrogen and oxygen atoms in total. The first kappa shape index (κ1) is 15.1. The van der Waals surface area contributed by atoms with Crippen LogP contribution < -0.4 is 0 Å². The molecule has 0 saturated heterocycles. The molecular formula is C17H19ClN2O2. The quantitative estimate of drug-likeness (QED) is 0.860. The molecule has 1 aliphatic carbocycles. The number of aliphatic hydroxyl groups is 1. The standard InChI is InChI=1S/C17H19ClN2O2/c18-14-8-15(19-9-14)17(22)20(16(11-21)13-6-7-13)10-12-4-2-1-3-5-12/h1-5,8-9,13,16,19,21H,6-7,10-11H2. The van der Waals surface area contributed by atoms with Gasteiger partial charge < -0.3 is 15.0 Å². The number of nitrogens with zero attached hydrogens (tertiary/aromatic N) is 1. The fourth-order valence-electron chi connectivity index (χ4n) is 2.75. The summed E-state index contributed by atoms with van der Waals surface area (Å²) in [5.74, 6) is 0.268. The van der Waals surface area contributed by atoms with E-state index in [0.717, 1.165) is 18.4 Å². The number of aliphatic hydroxyl groups excluding tert-OH is 1. The molecule has 1 aromatic heterocycles. The first-order chi connectivity index (χ1) is 10.7. The van der Waals surface area contributed by atoms with Crippen LogP contribution in [-0.2, 0) is 6.54 Å². The maximum Gasteiger partial charge on any atom is 0.270 e. The number of carbonyl (C=O) groups excluding carboxylic acids is 1. The molecule has 1 aromatic carbocycles. The Morgan fingerprint density at radius 3 is 2.64 bits per heavy atom. The summed E-state index contributed by atoms with van der Waals surface area (Å²) in [6.07, 6.45) is 3.73. The lowest BCUT2D eigenvalue weighted by Crippen LogP contribution is -2.43. The number of H-pyrrole nitrogens is 1. The van der Waals surface area contributed by atoms with Gasteiger partial charge in [0.1, 0.15) is 5.69 Å². The van der Waals surface area contributed by atoms with E-state index in [1.165, 1.54) is 0 Å². The van der Waals surface area contributed by atoms with Crippen LogP contribution in [0.5, 0.6) is 0 Å². The average molecular weight is 319 g/mol. The van der Waals surface area contributed by atoms with Gasteiger partial charge in [0.25, 0.3) is 5.91 Å². The van der Waals surface area contributed by atoms with Gasteiger partial charge in [-0.05, 0) is 30.4 Å². The number of halogens is 1. The number of hydrogen-bond donors (Lipinski definition) is 2. The summed E-state index contributed by atoms with van der Waals surface area (Å²) in [5.41, 5.74) is 1.51. The summed E-state index contributed by atoms with van der Waals surface area (Å²) in [5, 5.41) is 10.3. The van der Waals surface area contributed by atoms with Crippen molar-refractivity contribution in [1.29, 1.82) is 0 Å². The van der Waals surface area contributed by atoms with Crippen molar-refractivity contribution in [3.63, 3.8) is 0 Å². The molecule has 1 amide bonds. The number of benzene rings is 1. The molecule has 22 heavy (non-hydrogen) atoms. The van der Waals surface area contributed by atoms with Crippen molar-refractivity contribution >= 4 is 17.5 Å². The van der Waals surface area contributed by atoms with Gasteiger partial charge in [-0.1, -0.05) is 41.9 Å². The second kappa shape index (κ2) is 6.55. The highest BCUT2D eigenvalue weighted by Crippen LogP contribution is 2.36. The minimum absolute atomic E-state index is 0.0162. The van der Waals surface area contributed by atoms with E-state index < -0.39 is 0 Å². The highest BCUT2D eigenvalue weighted by atomic mass is 35.5. The highest BCUT2D eigenvalue weighted by molar-refractivity contribution is 6.30. The van der Waals surface area contributed by atoms with Crippen molar-refractivity contribution in [2.45, 2.75) is 25.4 Å². The Kier molecular flexibility index (Phi) is 4.50. The topological polar surface area (TPSA) is 56.3 Å². The van der Waals surface area contributed by atoms with Gasteiger partial charge in [0, 0.05) is 12.7 Å². The predicted molar refractivity (Wildman–Crippen MR) is 85.7 cm³/mol. The van der Waals surface area contributed by atoms with Crippen LogP contribution in [0.4, 0.5) is 0 Å². The summed E-state index contributed by atoms with van der Waals surface area (Å²) < 4.78 is 0. The summed E-state index contributed by atoms with van der Waals surface area (Å²) in [6, 6.07) is 11.3. The number of carbonyl (C=O) groups is 1. The average Bonchev–Trinajstić information content (AvgIpc) is 3.28. The molecule has 1 unspecified atom stereocenters. The van der Waals surface area contributed by atoms with Crippen LogP contribution in [0.1, 0.15) is 28.9 Å². The molecule has 1 atom stereocenters. The lowest BCUT2D eigenvalue weighted by atomic mass is 10.1. The summed E-state index contributed by atoms with van der Waals surface area (Å²) in [7, 11) is 0. The summed E-state index contributed by atoms with van der Waals surface area (Å²) >= 11 is 5.91. The Hall–Kier alpha value is -1.78. The SMILES string of the molecule is O=C(c1cc(Cl)c[nH]1)N(Cc1ccccc1)C(CO)C1CC1. The minimum Gasteiger partial charge on any atom is -0.394 e. The van der Waals surface area contributed by atoms with Gasteiger partial charge in [-0.2, -0.15) is 0 Å². The van der Waals surface area contributed by atoms with E-state index in [-0.39, 0.29) is 18.6 Å². The molecular weight excluding hydrogens is 300 g/mol. The Morgan fingerprint density at radius 2 is 2.09 bits per heavy atom. The number of amides is 1. The van der Waals surface area contributed by atoms with Crippen molar-refractivity contribution < 1.29 is 9.90 Å². The third kappa shape index (κ3) is 3.34. The van der Waals surface area contributed by atoms with Crippen molar-refractivity contribution in [1.82, 2.24) is 9.88 Å². The van der Waals surface area contributed by atoms with Gasteiger partial charge in [-0.25, -0.2) is 0 Å². The van der Waals surface area contributed by atoms with Gasteiger partial charge >= 0.3 is 0 Å². The van der Waals surface area contributed by atoms with E-state index in [4.69, 9.17) is 11.6 Å². The van der Waals surface area contributed by atoms with E-state index in [0.29, 0.717) is 23.2 Å². The van der Waals surface area contributed by atoms with Gasteiger partial charge in [0.2, 0.25) is 0 Å². The molecule has 3 rings (SSSR count). The van der Waals surface area contributed by atoms with Crippen LogP contribution in [0.2, 0.25) is 5.02 Å². The zero-order valence-corrected chi connectivity index (χ0v) is 13.0. The monoisotopic (exact) mass is 318 g/mol. The largest absolute Gasteiger partial charge is 0.394 e. The molecule has 0 radical (unpaired) electrons. The smallest absolute Gasteiger partial charge is 0.270 e. The normalized spacial score (nSPS) is 15.5. The Labute approximate surface area is 134 Å². The number of nitrogens with one attached hydrogen (secondary N) is 1. The van der Waals surface area contributed by atoms with Crippen LogP contribution in [0, 0.1) is 5.92 Å². The second-order valence-corrected chi connectivity index (χ2v) is 6.17. The van der Waals surface area contributed by atoms with Gasteiger partial charge in [-0.15, -0.1) is 0 Å². The van der Waals surface area contributed by atoms with Crippen molar-refractivity contribution in [3.05, 3.63) is 58.9 Å². The fourth-order valence-corrected chi connectivity index (χ4v) is 2.91. The maximum absolute atomic E-state index is 12.8. The Morgan fingerprint density at radius 1 is 1.36 bits per heavy atom. The Balaban J connectivity index is 1.86. The zero-order valence-electron chi connectivity index (χ0n) is 12.2. The molecule has 0 aliphatic heterocycles. The van der Waals surface area contributed by atoms with Crippen LogP contribution in [-0.4, -0.2) is 33.5 Å². The number of rotatable bonds is 6. The Bertz CT molecular complexity index is 637. The minimum atomic E-state index is -0.144. The highest BCUT2D eigenvalue weighted by Gasteiger charge is 2.37. The molecule has 1 fully saturated rings. The molecule has 2 aromatic rings. The van der Waals surface area contributed by atoms with Crippen molar-refractivity contribution in [2.24, 2.45) is 5.92 Å². The molecule has 2 N–H and O–H groups in total. The van der Waals surface area contributed by atoms with Crippen molar-refractivity contribution in [3.8, 4) is 0 Å². The van der Waals surface area contributed by atoms with E-state index in [1.54, 1.807) is 17.2 Å². The summed E-state index contributed by atoms with van der Waals surface area (Å²) in [6.45, 7) is 0.468. The summed E-state index contributed by atoms with van der Waals surface area (Å²) in [4.78, 5) is 17.5. The lowest BCUT2D eigenvalue weighted by Gasteiger charge is -2.30. The third-order valence-electron chi connectivity index (χ3n) is 4.09.